The summed E-state index contributed by atoms with van der Waals surface area (Å²) < 4.78 is 5.68. The Morgan fingerprint density at radius 2 is 1.51 bits per heavy atom. The van der Waals surface area contributed by atoms with E-state index in [2.05, 4.69) is 10.4 Å². The molecule has 9 nitrogen and oxygen atoms in total. The van der Waals surface area contributed by atoms with Crippen LogP contribution in [0.4, 0.5) is 16.2 Å². The molecule has 2 N–H and O–H groups in total. The van der Waals surface area contributed by atoms with Crippen molar-refractivity contribution in [2.24, 2.45) is 0 Å². The lowest BCUT2D eigenvalue weighted by Crippen LogP contribution is -2.51. The minimum absolute atomic E-state index is 0.0680. The van der Waals surface area contributed by atoms with Crippen LogP contribution in [0.25, 0.3) is 10.9 Å². The summed E-state index contributed by atoms with van der Waals surface area (Å²) in [5.74, 6) is -1.09. The fourth-order valence-corrected chi connectivity index (χ4v) is 4.83. The van der Waals surface area contributed by atoms with Gasteiger partial charge in [0.15, 0.2) is 5.43 Å². The number of carbonyl (C=O) groups excluding carboxylic acids is 3. The Balaban J connectivity index is 1.26. The summed E-state index contributed by atoms with van der Waals surface area (Å²) in [5, 5.41) is 1.82. The number of H-pyrrole nitrogens is 1. The average molecular weight is 565 g/mol. The van der Waals surface area contributed by atoms with Gasteiger partial charge >= 0.3 is 6.09 Å². The molecular formula is C31H21ClN4O5. The van der Waals surface area contributed by atoms with E-state index in [1.165, 1.54) is 17.0 Å². The van der Waals surface area contributed by atoms with Gasteiger partial charge in [-0.2, -0.15) is 0 Å². The van der Waals surface area contributed by atoms with E-state index in [0.717, 1.165) is 5.01 Å². The molecule has 0 fully saturated rings. The fourth-order valence-electron chi connectivity index (χ4n) is 4.66. The highest BCUT2D eigenvalue weighted by Gasteiger charge is 2.30. The highest BCUT2D eigenvalue weighted by molar-refractivity contribution is 6.31. The molecule has 5 aromatic rings. The highest BCUT2D eigenvalue weighted by atomic mass is 35.5. The predicted molar refractivity (Wildman–Crippen MR) is 154 cm³/mol. The first-order chi connectivity index (χ1) is 19.9. The second-order valence-corrected chi connectivity index (χ2v) is 9.67. The zero-order valence-electron chi connectivity index (χ0n) is 21.3. The Labute approximate surface area is 238 Å². The summed E-state index contributed by atoms with van der Waals surface area (Å²) in [4.78, 5) is 57.2. The van der Waals surface area contributed by atoms with E-state index in [-0.39, 0.29) is 34.5 Å². The van der Waals surface area contributed by atoms with Crippen molar-refractivity contribution >= 4 is 51.8 Å². The average Bonchev–Trinajstić information content (AvgIpc) is 2.98. The van der Waals surface area contributed by atoms with Crippen molar-refractivity contribution in [2.75, 3.05) is 4.90 Å². The normalized spacial score (nSPS) is 12.4. The maximum Gasteiger partial charge on any atom is 0.424 e. The number of rotatable bonds is 4. The molecule has 4 aromatic carbocycles. The van der Waals surface area contributed by atoms with Gasteiger partial charge in [-0.25, -0.2) is 14.7 Å². The standard InChI is InChI=1S/C31H21ClN4O5/c32-20-14-15-24-26(17-20)33-27-25(28(24)37)18-35(34-29(27)38)30(39)19-8-7-13-23(16-19)41-31(40)36(21-9-3-1-4-10-21)22-11-5-2-6-12-22/h1-17H,18H2,(H,33,37)(H,34,38). The summed E-state index contributed by atoms with van der Waals surface area (Å²) in [5.41, 5.74) is 4.15. The van der Waals surface area contributed by atoms with Gasteiger partial charge < -0.3 is 9.72 Å². The summed E-state index contributed by atoms with van der Waals surface area (Å²) in [6, 6.07) is 28.8. The number of hydrazine groups is 1. The molecule has 3 amide bonds. The smallest absolute Gasteiger partial charge is 0.410 e. The van der Waals surface area contributed by atoms with Gasteiger partial charge in [0, 0.05) is 16.0 Å². The van der Waals surface area contributed by atoms with Crippen molar-refractivity contribution in [1.82, 2.24) is 15.4 Å². The number of aromatic nitrogens is 1. The summed E-state index contributed by atoms with van der Waals surface area (Å²) in [6.07, 6.45) is -0.675. The molecule has 1 aliphatic rings. The molecule has 1 aliphatic heterocycles. The molecule has 6 rings (SSSR count). The number of halogens is 1. The number of benzene rings is 4. The maximum absolute atomic E-state index is 13.4. The van der Waals surface area contributed by atoms with E-state index >= 15 is 0 Å². The maximum atomic E-state index is 13.4. The van der Waals surface area contributed by atoms with Gasteiger partial charge in [0.05, 0.1) is 29.0 Å². The summed E-state index contributed by atoms with van der Waals surface area (Å²) >= 11 is 6.04. The summed E-state index contributed by atoms with van der Waals surface area (Å²) in [6.45, 7) is -0.159. The fraction of sp³-hybridized carbons (Fsp3) is 0.0323. The molecule has 0 saturated heterocycles. The molecule has 0 radical (unpaired) electrons. The number of pyridine rings is 1. The lowest BCUT2D eigenvalue weighted by Gasteiger charge is -2.28. The molecule has 1 aromatic heterocycles. The minimum Gasteiger partial charge on any atom is -0.410 e. The van der Waals surface area contributed by atoms with Crippen molar-refractivity contribution in [3.05, 3.63) is 135 Å². The number of nitrogens with zero attached hydrogens (tertiary/aromatic N) is 2. The molecule has 0 aliphatic carbocycles. The first kappa shape index (κ1) is 25.8. The molecule has 0 unspecified atom stereocenters. The quantitative estimate of drug-likeness (QED) is 0.286. The molecule has 41 heavy (non-hydrogen) atoms. The van der Waals surface area contributed by atoms with Gasteiger partial charge in [0.25, 0.3) is 11.8 Å². The van der Waals surface area contributed by atoms with Crippen LogP contribution in [0.15, 0.2) is 108 Å². The van der Waals surface area contributed by atoms with Crippen LogP contribution >= 0.6 is 11.6 Å². The van der Waals surface area contributed by atoms with Gasteiger partial charge in [0.2, 0.25) is 0 Å². The number of para-hydroxylation sites is 2. The van der Waals surface area contributed by atoms with E-state index < -0.39 is 17.9 Å². The largest absolute Gasteiger partial charge is 0.424 e. The number of amides is 3. The van der Waals surface area contributed by atoms with Crippen LogP contribution < -0.4 is 20.5 Å². The second-order valence-electron chi connectivity index (χ2n) is 9.23. The van der Waals surface area contributed by atoms with Crippen LogP contribution in [0.5, 0.6) is 5.75 Å². The van der Waals surface area contributed by atoms with E-state index in [9.17, 15) is 19.2 Å². The van der Waals surface area contributed by atoms with E-state index in [0.29, 0.717) is 27.3 Å². The third kappa shape index (κ3) is 5.02. The van der Waals surface area contributed by atoms with E-state index in [1.54, 1.807) is 54.6 Å². The molecule has 0 bridgehead atoms. The lowest BCUT2D eigenvalue weighted by atomic mass is 10.1. The third-order valence-corrected chi connectivity index (χ3v) is 6.82. The monoisotopic (exact) mass is 564 g/mol. The zero-order chi connectivity index (χ0) is 28.5. The molecule has 10 heteroatoms. The minimum atomic E-state index is -0.675. The molecule has 0 spiro atoms. The van der Waals surface area contributed by atoms with Gasteiger partial charge in [-0.05, 0) is 60.7 Å². The van der Waals surface area contributed by atoms with Crippen molar-refractivity contribution in [3.63, 3.8) is 0 Å². The Morgan fingerprint density at radius 3 is 2.20 bits per heavy atom. The van der Waals surface area contributed by atoms with Gasteiger partial charge in [-0.15, -0.1) is 0 Å². The van der Waals surface area contributed by atoms with Crippen LogP contribution in [0.3, 0.4) is 0 Å². The van der Waals surface area contributed by atoms with Crippen LogP contribution in [-0.2, 0) is 6.54 Å². The van der Waals surface area contributed by atoms with Crippen LogP contribution in [-0.4, -0.2) is 27.9 Å². The van der Waals surface area contributed by atoms with E-state index in [4.69, 9.17) is 16.3 Å². The van der Waals surface area contributed by atoms with Gasteiger partial charge in [-0.3, -0.25) is 19.8 Å². The molecule has 2 heterocycles. The van der Waals surface area contributed by atoms with Crippen molar-refractivity contribution in [3.8, 4) is 5.75 Å². The van der Waals surface area contributed by atoms with Crippen molar-refractivity contribution in [1.29, 1.82) is 0 Å². The number of aromatic amines is 1. The molecule has 0 atom stereocenters. The molecular weight excluding hydrogens is 544 g/mol. The number of hydrogen-bond donors (Lipinski definition) is 2. The second kappa shape index (κ2) is 10.6. The number of anilines is 2. The lowest BCUT2D eigenvalue weighted by molar-refractivity contribution is 0.0535. The first-order valence-corrected chi connectivity index (χ1v) is 13.0. The van der Waals surface area contributed by atoms with Crippen molar-refractivity contribution < 1.29 is 19.1 Å². The number of ether oxygens (including phenoxy) is 1. The highest BCUT2D eigenvalue weighted by Crippen LogP contribution is 2.27. The SMILES string of the molecule is O=C1NN(C(=O)c2cccc(OC(=O)N(c3ccccc3)c3ccccc3)c2)Cc2c1[nH]c1cc(Cl)ccc1c2=O. The van der Waals surface area contributed by atoms with Crippen LogP contribution in [0.2, 0.25) is 5.02 Å². The zero-order valence-corrected chi connectivity index (χ0v) is 22.1. The van der Waals surface area contributed by atoms with E-state index in [1.807, 2.05) is 36.4 Å². The molecule has 202 valence electrons. The van der Waals surface area contributed by atoms with Gasteiger partial charge in [-0.1, -0.05) is 54.1 Å². The number of carbonyl (C=O) groups is 3. The Bertz CT molecular complexity index is 1840. The number of fused-ring (bicyclic) bond motifs is 2. The van der Waals surface area contributed by atoms with Gasteiger partial charge in [0.1, 0.15) is 11.4 Å². The summed E-state index contributed by atoms with van der Waals surface area (Å²) in [7, 11) is 0. The van der Waals surface area contributed by atoms with Crippen LogP contribution in [0.1, 0.15) is 26.4 Å². The Kier molecular flexibility index (Phi) is 6.70. The predicted octanol–water partition coefficient (Wildman–Crippen LogP) is 5.82. The molecule has 0 saturated carbocycles. The third-order valence-electron chi connectivity index (χ3n) is 6.58. The number of nitrogens with one attached hydrogen (secondary N) is 2. The van der Waals surface area contributed by atoms with Crippen molar-refractivity contribution in [2.45, 2.75) is 6.54 Å². The number of hydrogen-bond acceptors (Lipinski definition) is 5. The van der Waals surface area contributed by atoms with Crippen LogP contribution in [0, 0.1) is 0 Å². The first-order valence-electron chi connectivity index (χ1n) is 12.6. The topological polar surface area (TPSA) is 112 Å². The Hall–Kier alpha value is -5.41. The Morgan fingerprint density at radius 1 is 0.829 bits per heavy atom.